The summed E-state index contributed by atoms with van der Waals surface area (Å²) >= 11 is 0. The predicted octanol–water partition coefficient (Wildman–Crippen LogP) is 4.85. The number of ether oxygens (including phenoxy) is 4. The van der Waals surface area contributed by atoms with Crippen LogP contribution in [0.15, 0.2) is 42.9 Å². The van der Waals surface area contributed by atoms with Gasteiger partial charge in [0.2, 0.25) is 11.8 Å². The number of terminal acetylenes is 1. The summed E-state index contributed by atoms with van der Waals surface area (Å²) in [5, 5.41) is 0. The third kappa shape index (κ3) is 6.25. The smallest absolute Gasteiger partial charge is 0.410 e. The number of piperidine rings is 1. The van der Waals surface area contributed by atoms with E-state index in [1.54, 1.807) is 36.4 Å². The van der Waals surface area contributed by atoms with Crippen LogP contribution in [0.5, 0.6) is 23.3 Å². The molecule has 1 aromatic carbocycles. The summed E-state index contributed by atoms with van der Waals surface area (Å²) in [5.74, 6) is 2.57. The number of rotatable bonds is 7. The van der Waals surface area contributed by atoms with Gasteiger partial charge in [0.25, 0.3) is 0 Å². The number of aromatic nitrogens is 3. The topological polar surface area (TPSA) is 95.9 Å². The van der Waals surface area contributed by atoms with Gasteiger partial charge in [-0.05, 0) is 38.1 Å². The highest BCUT2D eigenvalue weighted by Gasteiger charge is 2.27. The molecule has 3 heterocycles. The van der Waals surface area contributed by atoms with Gasteiger partial charge in [-0.3, -0.25) is 4.98 Å². The van der Waals surface area contributed by atoms with Crippen molar-refractivity contribution >= 4 is 6.09 Å². The molecule has 192 valence electrons. The second kappa shape index (κ2) is 11.6. The maximum atomic E-state index is 14.9. The summed E-state index contributed by atoms with van der Waals surface area (Å²) in [7, 11) is 1.55. The molecule has 1 aliphatic heterocycles. The van der Waals surface area contributed by atoms with Crippen LogP contribution in [0.4, 0.5) is 9.18 Å². The Hall–Kier alpha value is -4.39. The van der Waals surface area contributed by atoms with Crippen molar-refractivity contribution in [1.29, 1.82) is 0 Å². The zero-order valence-electron chi connectivity index (χ0n) is 20.8. The van der Waals surface area contributed by atoms with E-state index in [4.69, 9.17) is 25.4 Å². The van der Waals surface area contributed by atoms with Crippen LogP contribution in [0.25, 0.3) is 11.3 Å². The zero-order chi connectivity index (χ0) is 26.4. The fourth-order valence-electron chi connectivity index (χ4n) is 3.78. The molecule has 2 aromatic heterocycles. The second-order valence-electron chi connectivity index (χ2n) is 8.57. The molecule has 0 aliphatic carbocycles. The number of carbonyl (C=O) groups is 1. The molecule has 0 N–H and O–H groups in total. The summed E-state index contributed by atoms with van der Waals surface area (Å²) < 4.78 is 37.1. The maximum absolute atomic E-state index is 14.9. The first-order valence-corrected chi connectivity index (χ1v) is 11.8. The minimum atomic E-state index is -0.619. The number of likely N-dealkylation sites (tertiary alicyclic amines) is 1. The summed E-state index contributed by atoms with van der Waals surface area (Å²) in [6.07, 6.45) is 8.94. The maximum Gasteiger partial charge on any atom is 0.410 e. The molecule has 3 aromatic rings. The summed E-state index contributed by atoms with van der Waals surface area (Å²) in [6.45, 7) is 4.58. The molecule has 0 bridgehead atoms. The Bertz CT molecular complexity index is 1300. The lowest BCUT2D eigenvalue weighted by molar-refractivity contribution is 0.0506. The lowest BCUT2D eigenvalue weighted by atomic mass is 10.1. The molecule has 1 saturated heterocycles. The van der Waals surface area contributed by atoms with Crippen molar-refractivity contribution in [2.75, 3.05) is 20.2 Å². The molecule has 1 fully saturated rings. The number of hydrogen-bond acceptors (Lipinski definition) is 8. The Morgan fingerprint density at radius 2 is 1.89 bits per heavy atom. The molecule has 0 radical (unpaired) electrons. The van der Waals surface area contributed by atoms with Crippen LogP contribution in [-0.4, -0.2) is 58.4 Å². The van der Waals surface area contributed by atoms with Gasteiger partial charge >= 0.3 is 6.09 Å². The molecule has 1 aliphatic rings. The fraction of sp³-hybridized carbons (Fsp3) is 0.333. The molecular formula is C27H27FN4O5. The van der Waals surface area contributed by atoms with Gasteiger partial charge in [0.1, 0.15) is 23.7 Å². The number of carbonyl (C=O) groups excluding carboxylic acids is 1. The van der Waals surface area contributed by atoms with Crippen LogP contribution < -0.4 is 14.2 Å². The SMILES string of the molecule is C#Cc1c(Oc2ccc(-c3cc(OC)ccn3)cc2F)ncnc1OC1CCN(C(=O)OC(C)C)CC1. The van der Waals surface area contributed by atoms with Gasteiger partial charge in [0.15, 0.2) is 11.6 Å². The van der Waals surface area contributed by atoms with Crippen molar-refractivity contribution in [3.8, 4) is 46.9 Å². The molecule has 0 saturated carbocycles. The molecule has 0 atom stereocenters. The molecule has 9 nitrogen and oxygen atoms in total. The Balaban J connectivity index is 1.46. The van der Waals surface area contributed by atoms with E-state index >= 15 is 0 Å². The number of pyridine rings is 1. The number of benzene rings is 1. The van der Waals surface area contributed by atoms with Gasteiger partial charge in [-0.1, -0.05) is 5.92 Å². The lowest BCUT2D eigenvalue weighted by Gasteiger charge is -2.31. The van der Waals surface area contributed by atoms with Crippen LogP contribution in [0.1, 0.15) is 32.3 Å². The van der Waals surface area contributed by atoms with Crippen LogP contribution in [0, 0.1) is 18.2 Å². The van der Waals surface area contributed by atoms with E-state index < -0.39 is 5.82 Å². The normalized spacial score (nSPS) is 13.7. The van der Waals surface area contributed by atoms with Crippen LogP contribution in [0.2, 0.25) is 0 Å². The number of amides is 1. The lowest BCUT2D eigenvalue weighted by Crippen LogP contribution is -2.42. The van der Waals surface area contributed by atoms with Crippen LogP contribution in [0.3, 0.4) is 0 Å². The molecule has 1 amide bonds. The Kier molecular flexibility index (Phi) is 8.03. The van der Waals surface area contributed by atoms with E-state index in [1.807, 2.05) is 13.8 Å². The minimum absolute atomic E-state index is 0.00315. The Morgan fingerprint density at radius 1 is 1.14 bits per heavy atom. The van der Waals surface area contributed by atoms with Crippen molar-refractivity contribution in [2.24, 2.45) is 0 Å². The number of nitrogens with zero attached hydrogens (tertiary/aromatic N) is 4. The summed E-state index contributed by atoms with van der Waals surface area (Å²) in [6, 6.07) is 7.87. The Morgan fingerprint density at radius 3 is 2.57 bits per heavy atom. The summed E-state index contributed by atoms with van der Waals surface area (Å²) in [5.41, 5.74) is 1.27. The first-order chi connectivity index (χ1) is 17.9. The number of hydrogen-bond donors (Lipinski definition) is 0. The fourth-order valence-corrected chi connectivity index (χ4v) is 3.78. The number of halogens is 1. The third-order valence-corrected chi connectivity index (χ3v) is 5.64. The highest BCUT2D eigenvalue weighted by atomic mass is 19.1. The number of methoxy groups -OCH3 is 1. The van der Waals surface area contributed by atoms with E-state index in [9.17, 15) is 9.18 Å². The first-order valence-electron chi connectivity index (χ1n) is 11.8. The molecule has 10 heteroatoms. The highest BCUT2D eigenvalue weighted by molar-refractivity contribution is 5.68. The van der Waals surface area contributed by atoms with E-state index in [2.05, 4.69) is 20.9 Å². The van der Waals surface area contributed by atoms with Crippen LogP contribution in [-0.2, 0) is 4.74 Å². The van der Waals surface area contributed by atoms with Gasteiger partial charge in [-0.15, -0.1) is 6.42 Å². The largest absolute Gasteiger partial charge is 0.497 e. The van der Waals surface area contributed by atoms with E-state index in [1.165, 1.54) is 18.5 Å². The third-order valence-electron chi connectivity index (χ3n) is 5.64. The van der Waals surface area contributed by atoms with Crippen molar-refractivity contribution in [3.05, 3.63) is 54.2 Å². The van der Waals surface area contributed by atoms with Gasteiger partial charge in [-0.2, -0.15) is 0 Å². The quantitative estimate of drug-likeness (QED) is 0.420. The molecular weight excluding hydrogens is 479 g/mol. The van der Waals surface area contributed by atoms with Crippen LogP contribution >= 0.6 is 0 Å². The Labute approximate surface area is 214 Å². The van der Waals surface area contributed by atoms with Crippen molar-refractivity contribution in [2.45, 2.75) is 38.9 Å². The zero-order valence-corrected chi connectivity index (χ0v) is 20.8. The molecule has 4 rings (SSSR count). The van der Waals surface area contributed by atoms with Crippen molar-refractivity contribution in [1.82, 2.24) is 19.9 Å². The van der Waals surface area contributed by atoms with Gasteiger partial charge in [0.05, 0.1) is 18.9 Å². The highest BCUT2D eigenvalue weighted by Crippen LogP contribution is 2.32. The predicted molar refractivity (Wildman–Crippen MR) is 133 cm³/mol. The van der Waals surface area contributed by atoms with Gasteiger partial charge in [0, 0.05) is 43.8 Å². The average molecular weight is 507 g/mol. The molecule has 0 spiro atoms. The second-order valence-corrected chi connectivity index (χ2v) is 8.57. The summed E-state index contributed by atoms with van der Waals surface area (Å²) in [4.78, 5) is 26.2. The van der Waals surface area contributed by atoms with E-state index in [0.717, 1.165) is 0 Å². The van der Waals surface area contributed by atoms with Crippen molar-refractivity contribution in [3.63, 3.8) is 0 Å². The molecule has 37 heavy (non-hydrogen) atoms. The van der Waals surface area contributed by atoms with Crippen molar-refractivity contribution < 1.29 is 28.1 Å². The van der Waals surface area contributed by atoms with Gasteiger partial charge in [-0.25, -0.2) is 19.2 Å². The van der Waals surface area contributed by atoms with E-state index in [0.29, 0.717) is 42.9 Å². The monoisotopic (exact) mass is 506 g/mol. The average Bonchev–Trinajstić information content (AvgIpc) is 2.90. The first kappa shape index (κ1) is 25.7. The van der Waals surface area contributed by atoms with E-state index in [-0.39, 0.29) is 41.4 Å². The minimum Gasteiger partial charge on any atom is -0.497 e. The standard InChI is InChI=1S/C27H27FN4O5/c1-5-21-25(36-19-9-12-32(13-10-19)27(33)35-17(2)3)30-16-31-26(21)37-24-7-6-18(14-22(24)28)23-15-20(34-4)8-11-29-23/h1,6-8,11,14-17,19H,9-10,12-13H2,2-4H3. The van der Waals surface area contributed by atoms with Gasteiger partial charge < -0.3 is 23.8 Å². The molecule has 0 unspecified atom stereocenters.